The summed E-state index contributed by atoms with van der Waals surface area (Å²) in [6.45, 7) is 0.283. The Morgan fingerprint density at radius 2 is 1.90 bits per heavy atom. The first-order valence-corrected chi connectivity index (χ1v) is 7.46. The lowest BCUT2D eigenvalue weighted by Gasteiger charge is -2.31. The zero-order valence-electron chi connectivity index (χ0n) is 11.7. The number of alkyl halides is 3. The van der Waals surface area contributed by atoms with Crippen molar-refractivity contribution in [2.75, 3.05) is 13.1 Å². The molecule has 2 rings (SSSR count). The second-order valence-corrected chi connectivity index (χ2v) is 6.22. The molecule has 2 unspecified atom stereocenters. The third-order valence-electron chi connectivity index (χ3n) is 4.22. The molecule has 2 atom stereocenters. The second kappa shape index (κ2) is 6.33. The maximum atomic E-state index is 12.4. The van der Waals surface area contributed by atoms with Crippen molar-refractivity contribution in [2.45, 2.75) is 57.2 Å². The van der Waals surface area contributed by atoms with Gasteiger partial charge in [-0.1, -0.05) is 6.42 Å². The molecule has 1 amide bonds. The predicted octanol–water partition coefficient (Wildman–Crippen LogP) is 2.69. The molecule has 0 heterocycles. The SMILES string of the molecule is NC1CCCC(C(=O)N(CCC(F)(F)F)CC2CC2)C1. The topological polar surface area (TPSA) is 46.3 Å². The number of halogens is 3. The average Bonchev–Trinajstić information content (AvgIpc) is 3.16. The summed E-state index contributed by atoms with van der Waals surface area (Å²) in [5, 5.41) is 0. The summed E-state index contributed by atoms with van der Waals surface area (Å²) in [6, 6.07) is 0.0168. The van der Waals surface area contributed by atoms with Gasteiger partial charge in [-0.3, -0.25) is 4.79 Å². The smallest absolute Gasteiger partial charge is 0.342 e. The van der Waals surface area contributed by atoms with Crippen LogP contribution in [0.25, 0.3) is 0 Å². The first kappa shape index (κ1) is 15.6. The molecule has 0 aliphatic heterocycles. The van der Waals surface area contributed by atoms with Gasteiger partial charge >= 0.3 is 6.18 Å². The third kappa shape index (κ3) is 4.96. The monoisotopic (exact) mass is 292 g/mol. The molecule has 0 aromatic rings. The highest BCUT2D eigenvalue weighted by molar-refractivity contribution is 5.79. The van der Waals surface area contributed by atoms with E-state index in [1.165, 1.54) is 4.90 Å². The van der Waals surface area contributed by atoms with E-state index in [9.17, 15) is 18.0 Å². The largest absolute Gasteiger partial charge is 0.390 e. The highest BCUT2D eigenvalue weighted by Crippen LogP contribution is 2.32. The lowest BCUT2D eigenvalue weighted by molar-refractivity contribution is -0.148. The maximum absolute atomic E-state index is 12.4. The molecule has 6 heteroatoms. The normalized spacial score (nSPS) is 27.4. The minimum Gasteiger partial charge on any atom is -0.342 e. The Bertz CT molecular complexity index is 342. The van der Waals surface area contributed by atoms with E-state index >= 15 is 0 Å². The van der Waals surface area contributed by atoms with E-state index in [-0.39, 0.29) is 24.4 Å². The highest BCUT2D eigenvalue weighted by atomic mass is 19.4. The highest BCUT2D eigenvalue weighted by Gasteiger charge is 2.35. The van der Waals surface area contributed by atoms with Gasteiger partial charge in [0.2, 0.25) is 5.91 Å². The van der Waals surface area contributed by atoms with Crippen LogP contribution in [0.4, 0.5) is 13.2 Å². The molecule has 3 nitrogen and oxygen atoms in total. The van der Waals surface area contributed by atoms with Gasteiger partial charge in [0.1, 0.15) is 0 Å². The van der Waals surface area contributed by atoms with Gasteiger partial charge in [0.05, 0.1) is 6.42 Å². The third-order valence-corrected chi connectivity index (χ3v) is 4.22. The number of carbonyl (C=O) groups excluding carboxylic acids is 1. The Morgan fingerprint density at radius 3 is 2.45 bits per heavy atom. The van der Waals surface area contributed by atoms with Gasteiger partial charge in [-0.05, 0) is 38.0 Å². The van der Waals surface area contributed by atoms with Crippen LogP contribution in [-0.2, 0) is 4.79 Å². The van der Waals surface area contributed by atoms with E-state index in [2.05, 4.69) is 0 Å². The minimum absolute atomic E-state index is 0.0168. The zero-order chi connectivity index (χ0) is 14.8. The van der Waals surface area contributed by atoms with Crippen molar-refractivity contribution in [3.8, 4) is 0 Å². The number of rotatable bonds is 5. The summed E-state index contributed by atoms with van der Waals surface area (Å²) >= 11 is 0. The van der Waals surface area contributed by atoms with E-state index in [1.54, 1.807) is 0 Å². The van der Waals surface area contributed by atoms with Crippen LogP contribution < -0.4 is 5.73 Å². The lowest BCUT2D eigenvalue weighted by atomic mass is 9.85. The fraction of sp³-hybridized carbons (Fsp3) is 0.929. The standard InChI is InChI=1S/C14H23F3N2O/c15-14(16,17)6-7-19(9-10-4-5-10)13(20)11-2-1-3-12(18)8-11/h10-12H,1-9,18H2. The minimum atomic E-state index is -4.20. The van der Waals surface area contributed by atoms with E-state index in [1.807, 2.05) is 0 Å². The molecule has 2 aliphatic carbocycles. The summed E-state index contributed by atoms with van der Waals surface area (Å²) in [5.74, 6) is 0.117. The van der Waals surface area contributed by atoms with Crippen molar-refractivity contribution in [2.24, 2.45) is 17.6 Å². The zero-order valence-corrected chi connectivity index (χ0v) is 11.7. The van der Waals surface area contributed by atoms with Crippen LogP contribution >= 0.6 is 0 Å². The molecular weight excluding hydrogens is 269 g/mol. The number of carbonyl (C=O) groups is 1. The molecule has 2 saturated carbocycles. The van der Waals surface area contributed by atoms with Crippen molar-refractivity contribution >= 4 is 5.91 Å². The number of nitrogens with zero attached hydrogens (tertiary/aromatic N) is 1. The number of amides is 1. The number of hydrogen-bond donors (Lipinski definition) is 1. The molecular formula is C14H23F3N2O. The van der Waals surface area contributed by atoms with Gasteiger partial charge in [0.15, 0.2) is 0 Å². The first-order valence-electron chi connectivity index (χ1n) is 7.46. The fourth-order valence-corrected chi connectivity index (χ4v) is 2.88. The summed E-state index contributed by atoms with van der Waals surface area (Å²) < 4.78 is 37.1. The van der Waals surface area contributed by atoms with Gasteiger partial charge < -0.3 is 10.6 Å². The van der Waals surface area contributed by atoms with Gasteiger partial charge in [0.25, 0.3) is 0 Å². The Morgan fingerprint density at radius 1 is 1.20 bits per heavy atom. The van der Waals surface area contributed by atoms with Crippen LogP contribution in [0.5, 0.6) is 0 Å². The van der Waals surface area contributed by atoms with Crippen LogP contribution in [0.2, 0.25) is 0 Å². The molecule has 0 radical (unpaired) electrons. The fourth-order valence-electron chi connectivity index (χ4n) is 2.88. The van der Waals surface area contributed by atoms with Crippen molar-refractivity contribution in [3.63, 3.8) is 0 Å². The maximum Gasteiger partial charge on any atom is 0.390 e. The lowest BCUT2D eigenvalue weighted by Crippen LogP contribution is -2.42. The summed E-state index contributed by atoms with van der Waals surface area (Å²) in [5.41, 5.74) is 5.87. The quantitative estimate of drug-likeness (QED) is 0.847. The van der Waals surface area contributed by atoms with Gasteiger partial charge in [-0.15, -0.1) is 0 Å². The van der Waals surface area contributed by atoms with Gasteiger partial charge in [-0.2, -0.15) is 13.2 Å². The summed E-state index contributed by atoms with van der Waals surface area (Å²) in [7, 11) is 0. The molecule has 0 spiro atoms. The van der Waals surface area contributed by atoms with Crippen molar-refractivity contribution in [1.29, 1.82) is 0 Å². The van der Waals surface area contributed by atoms with Crippen molar-refractivity contribution < 1.29 is 18.0 Å². The molecule has 0 bridgehead atoms. The first-order chi connectivity index (χ1) is 9.35. The predicted molar refractivity (Wildman–Crippen MR) is 69.9 cm³/mol. The second-order valence-electron chi connectivity index (χ2n) is 6.22. The molecule has 0 aromatic heterocycles. The van der Waals surface area contributed by atoms with Crippen LogP contribution in [0.1, 0.15) is 44.9 Å². The Hall–Kier alpha value is -0.780. The van der Waals surface area contributed by atoms with E-state index in [0.29, 0.717) is 18.9 Å². The summed E-state index contributed by atoms with van der Waals surface area (Å²) in [6.07, 6.45) is 0.129. The molecule has 116 valence electrons. The summed E-state index contributed by atoms with van der Waals surface area (Å²) in [4.78, 5) is 13.9. The van der Waals surface area contributed by atoms with Crippen LogP contribution in [0, 0.1) is 11.8 Å². The van der Waals surface area contributed by atoms with Crippen LogP contribution in [0.3, 0.4) is 0 Å². The van der Waals surface area contributed by atoms with E-state index in [4.69, 9.17) is 5.73 Å². The van der Waals surface area contributed by atoms with Crippen molar-refractivity contribution in [3.05, 3.63) is 0 Å². The molecule has 2 fully saturated rings. The van der Waals surface area contributed by atoms with Gasteiger partial charge in [0, 0.05) is 25.0 Å². The molecule has 0 aromatic carbocycles. The molecule has 2 aliphatic rings. The molecule has 20 heavy (non-hydrogen) atoms. The van der Waals surface area contributed by atoms with Gasteiger partial charge in [-0.25, -0.2) is 0 Å². The van der Waals surface area contributed by atoms with E-state index in [0.717, 1.165) is 32.1 Å². The number of hydrogen-bond acceptors (Lipinski definition) is 2. The Labute approximate surface area is 117 Å². The van der Waals surface area contributed by atoms with E-state index < -0.39 is 12.6 Å². The van der Waals surface area contributed by atoms with Crippen LogP contribution in [0.15, 0.2) is 0 Å². The average molecular weight is 292 g/mol. The molecule has 0 saturated heterocycles. The number of nitrogens with two attached hydrogens (primary N) is 1. The van der Waals surface area contributed by atoms with Crippen molar-refractivity contribution in [1.82, 2.24) is 4.90 Å². The van der Waals surface area contributed by atoms with Crippen LogP contribution in [-0.4, -0.2) is 36.1 Å². The Kier molecular flexibility index (Phi) is 4.94. The Balaban J connectivity index is 1.91. The molecule has 2 N–H and O–H groups in total.